The number of rotatable bonds is 7. The number of hydrogen-bond donors (Lipinski definition) is 2. The van der Waals surface area contributed by atoms with Crippen molar-refractivity contribution in [1.29, 1.82) is 0 Å². The molecule has 2 atom stereocenters. The van der Waals surface area contributed by atoms with Crippen molar-refractivity contribution >= 4 is 17.8 Å². The quantitative estimate of drug-likeness (QED) is 0.759. The maximum atomic E-state index is 12.4. The lowest BCUT2D eigenvalue weighted by molar-refractivity contribution is -0.157. The molecule has 2 rings (SSSR count). The minimum atomic E-state index is -4.52. The molecule has 0 spiro atoms. The largest absolute Gasteiger partial charge is 0.481 e. The zero-order valence-corrected chi connectivity index (χ0v) is 13.8. The van der Waals surface area contributed by atoms with E-state index in [2.05, 4.69) is 5.32 Å². The van der Waals surface area contributed by atoms with E-state index in [9.17, 15) is 32.7 Å². The molecule has 0 unspecified atom stereocenters. The number of hydrogen-bond acceptors (Lipinski definition) is 3. The summed E-state index contributed by atoms with van der Waals surface area (Å²) in [4.78, 5) is 35.7. The van der Waals surface area contributed by atoms with E-state index in [0.29, 0.717) is 4.90 Å². The van der Waals surface area contributed by atoms with E-state index in [-0.39, 0.29) is 25.9 Å². The summed E-state index contributed by atoms with van der Waals surface area (Å²) in [5, 5.41) is 11.7. The molecule has 2 amide bonds. The highest BCUT2D eigenvalue weighted by molar-refractivity contribution is 5.89. The van der Waals surface area contributed by atoms with Crippen LogP contribution < -0.4 is 5.32 Å². The number of amides is 2. The molecule has 1 aromatic rings. The van der Waals surface area contributed by atoms with Crippen molar-refractivity contribution in [1.82, 2.24) is 10.2 Å². The molecule has 1 aliphatic rings. The number of carbonyl (C=O) groups is 3. The minimum Gasteiger partial charge on any atom is -0.481 e. The van der Waals surface area contributed by atoms with Crippen molar-refractivity contribution < 1.29 is 32.7 Å². The zero-order valence-electron chi connectivity index (χ0n) is 13.8. The highest BCUT2D eigenvalue weighted by atomic mass is 19.4. The maximum absolute atomic E-state index is 12.4. The van der Waals surface area contributed by atoms with Crippen molar-refractivity contribution in [3.05, 3.63) is 35.9 Å². The molecule has 26 heavy (non-hydrogen) atoms. The highest BCUT2D eigenvalue weighted by Gasteiger charge is 2.40. The molecular formula is C17H19F3N2O4. The summed E-state index contributed by atoms with van der Waals surface area (Å²) >= 11 is 0. The van der Waals surface area contributed by atoms with Gasteiger partial charge in [-0.2, -0.15) is 13.2 Å². The molecule has 0 aliphatic carbocycles. The normalized spacial score (nSPS) is 18.7. The molecule has 0 aromatic heterocycles. The van der Waals surface area contributed by atoms with Gasteiger partial charge in [-0.1, -0.05) is 30.3 Å². The first-order valence-electron chi connectivity index (χ1n) is 8.04. The van der Waals surface area contributed by atoms with Crippen LogP contribution in [0.15, 0.2) is 30.3 Å². The summed E-state index contributed by atoms with van der Waals surface area (Å²) in [6, 6.07) is 8.87. The molecule has 0 saturated carbocycles. The van der Waals surface area contributed by atoms with Gasteiger partial charge in [0.1, 0.15) is 6.54 Å². The van der Waals surface area contributed by atoms with Gasteiger partial charge >= 0.3 is 12.1 Å². The van der Waals surface area contributed by atoms with Crippen molar-refractivity contribution in [3.63, 3.8) is 0 Å². The second-order valence-corrected chi connectivity index (χ2v) is 6.26. The third-order valence-electron chi connectivity index (χ3n) is 4.15. The van der Waals surface area contributed by atoms with Gasteiger partial charge in [-0.25, -0.2) is 0 Å². The van der Waals surface area contributed by atoms with Crippen LogP contribution >= 0.6 is 0 Å². The number of alkyl halides is 3. The Bertz CT molecular complexity index is 664. The van der Waals surface area contributed by atoms with Crippen LogP contribution in [0.5, 0.6) is 0 Å². The standard InChI is InChI=1S/C17H19F3N2O4/c18-17(19,20)10-22-9-13(7-14(22)23)15(24)21-8-12(16(25)26)6-11-4-2-1-3-5-11/h1-5,12-13H,6-10H2,(H,21,24)(H,25,26)/t12-,13-/m0/s1. The number of aliphatic carboxylic acids is 1. The second-order valence-electron chi connectivity index (χ2n) is 6.26. The number of carboxylic acid groups (broad SMARTS) is 1. The van der Waals surface area contributed by atoms with Crippen LogP contribution in [0.3, 0.4) is 0 Å². The Balaban J connectivity index is 1.88. The van der Waals surface area contributed by atoms with Crippen molar-refractivity contribution in [2.45, 2.75) is 19.0 Å². The predicted octanol–water partition coefficient (Wildman–Crippen LogP) is 1.46. The average molecular weight is 372 g/mol. The molecule has 9 heteroatoms. The number of carboxylic acids is 1. The van der Waals surface area contributed by atoms with Crippen LogP contribution in [0, 0.1) is 11.8 Å². The lowest BCUT2D eigenvalue weighted by Crippen LogP contribution is -2.39. The molecule has 1 fully saturated rings. The Labute approximate surface area is 148 Å². The van der Waals surface area contributed by atoms with E-state index in [1.54, 1.807) is 30.3 Å². The zero-order chi connectivity index (χ0) is 19.3. The minimum absolute atomic E-state index is 0.160. The van der Waals surface area contributed by atoms with E-state index < -0.39 is 42.3 Å². The van der Waals surface area contributed by atoms with Gasteiger partial charge in [-0.15, -0.1) is 0 Å². The first kappa shape index (κ1) is 19.7. The number of halogens is 3. The van der Waals surface area contributed by atoms with Crippen molar-refractivity contribution in [2.75, 3.05) is 19.6 Å². The number of nitrogens with one attached hydrogen (secondary N) is 1. The topological polar surface area (TPSA) is 86.7 Å². The highest BCUT2D eigenvalue weighted by Crippen LogP contribution is 2.24. The first-order chi connectivity index (χ1) is 12.2. The number of carbonyl (C=O) groups excluding carboxylic acids is 2. The Morgan fingerprint density at radius 2 is 1.92 bits per heavy atom. The lowest BCUT2D eigenvalue weighted by atomic mass is 9.99. The van der Waals surface area contributed by atoms with E-state index in [1.165, 1.54) is 0 Å². The summed E-state index contributed by atoms with van der Waals surface area (Å²) in [5.41, 5.74) is 0.793. The predicted molar refractivity (Wildman–Crippen MR) is 85.0 cm³/mol. The summed E-state index contributed by atoms with van der Waals surface area (Å²) < 4.78 is 37.2. The van der Waals surface area contributed by atoms with Crippen LogP contribution in [0.4, 0.5) is 13.2 Å². The fourth-order valence-corrected chi connectivity index (χ4v) is 2.83. The average Bonchev–Trinajstić information content (AvgIpc) is 2.91. The van der Waals surface area contributed by atoms with Crippen LogP contribution in [-0.2, 0) is 20.8 Å². The van der Waals surface area contributed by atoms with Gasteiger partial charge < -0.3 is 15.3 Å². The Kier molecular flexibility index (Phi) is 6.23. The molecule has 1 heterocycles. The van der Waals surface area contributed by atoms with Crippen molar-refractivity contribution in [2.24, 2.45) is 11.8 Å². The van der Waals surface area contributed by atoms with Gasteiger partial charge in [0.25, 0.3) is 0 Å². The van der Waals surface area contributed by atoms with Crippen LogP contribution in [0.1, 0.15) is 12.0 Å². The molecule has 2 N–H and O–H groups in total. The van der Waals surface area contributed by atoms with Gasteiger partial charge in [0.15, 0.2) is 0 Å². The molecular weight excluding hydrogens is 353 g/mol. The van der Waals surface area contributed by atoms with Gasteiger partial charge in [0.05, 0.1) is 11.8 Å². The molecule has 1 aromatic carbocycles. The van der Waals surface area contributed by atoms with Crippen molar-refractivity contribution in [3.8, 4) is 0 Å². The Hall–Kier alpha value is -2.58. The van der Waals surface area contributed by atoms with Gasteiger partial charge in [0.2, 0.25) is 11.8 Å². The summed E-state index contributed by atoms with van der Waals surface area (Å²) in [6.07, 6.45) is -4.62. The lowest BCUT2D eigenvalue weighted by Gasteiger charge is -2.19. The Morgan fingerprint density at radius 1 is 1.27 bits per heavy atom. The smallest absolute Gasteiger partial charge is 0.406 e. The third kappa shape index (κ3) is 5.75. The summed E-state index contributed by atoms with van der Waals surface area (Å²) in [6.45, 7) is -1.87. The van der Waals surface area contributed by atoms with Crippen LogP contribution in [-0.4, -0.2) is 53.6 Å². The molecule has 0 bridgehead atoms. The van der Waals surface area contributed by atoms with E-state index in [1.807, 2.05) is 0 Å². The van der Waals surface area contributed by atoms with E-state index in [4.69, 9.17) is 0 Å². The third-order valence-corrected chi connectivity index (χ3v) is 4.15. The fourth-order valence-electron chi connectivity index (χ4n) is 2.83. The summed E-state index contributed by atoms with van der Waals surface area (Å²) in [7, 11) is 0. The van der Waals surface area contributed by atoms with E-state index >= 15 is 0 Å². The van der Waals surface area contributed by atoms with E-state index in [0.717, 1.165) is 5.56 Å². The monoisotopic (exact) mass is 372 g/mol. The SMILES string of the molecule is O=C(O)[C@H](CNC(=O)[C@H]1CC(=O)N(CC(F)(F)F)C1)Cc1ccccc1. The number of nitrogens with zero attached hydrogens (tertiary/aromatic N) is 1. The number of benzene rings is 1. The van der Waals surface area contributed by atoms with Gasteiger partial charge in [0, 0.05) is 19.5 Å². The number of likely N-dealkylation sites (tertiary alicyclic amines) is 1. The van der Waals surface area contributed by atoms with Crippen LogP contribution in [0.2, 0.25) is 0 Å². The molecule has 6 nitrogen and oxygen atoms in total. The maximum Gasteiger partial charge on any atom is 0.406 e. The van der Waals surface area contributed by atoms with Gasteiger partial charge in [-0.3, -0.25) is 14.4 Å². The Morgan fingerprint density at radius 3 is 2.50 bits per heavy atom. The summed E-state index contributed by atoms with van der Waals surface area (Å²) in [5.74, 6) is -4.21. The van der Waals surface area contributed by atoms with Crippen LogP contribution in [0.25, 0.3) is 0 Å². The molecule has 0 radical (unpaired) electrons. The molecule has 1 saturated heterocycles. The second kappa shape index (κ2) is 8.20. The fraction of sp³-hybridized carbons (Fsp3) is 0.471. The first-order valence-corrected chi connectivity index (χ1v) is 8.04. The molecule has 142 valence electrons. The van der Waals surface area contributed by atoms with Gasteiger partial charge in [-0.05, 0) is 12.0 Å². The molecule has 1 aliphatic heterocycles.